The van der Waals surface area contributed by atoms with Gasteiger partial charge in [-0.05, 0) is 40.2 Å². The van der Waals surface area contributed by atoms with Crippen molar-refractivity contribution in [1.29, 1.82) is 0 Å². The maximum absolute atomic E-state index is 12.1. The van der Waals surface area contributed by atoms with Gasteiger partial charge < -0.3 is 10.6 Å². The average molecular weight is 339 g/mol. The van der Waals surface area contributed by atoms with Crippen molar-refractivity contribution in [1.82, 2.24) is 5.32 Å². The number of anilines is 1. The first kappa shape index (κ1) is 14.2. The monoisotopic (exact) mass is 338 g/mol. The molecule has 0 spiro atoms. The third-order valence-electron chi connectivity index (χ3n) is 2.66. The molecule has 0 aliphatic rings. The van der Waals surface area contributed by atoms with Gasteiger partial charge in [0.15, 0.2) is 0 Å². The lowest BCUT2D eigenvalue weighted by Crippen LogP contribution is -2.16. The molecule has 0 saturated carbocycles. The lowest BCUT2D eigenvalue weighted by molar-refractivity contribution is 0.102. The minimum Gasteiger partial charge on any atom is -0.322 e. The topological polar surface area (TPSA) is 41.1 Å². The number of amides is 1. The molecule has 2 rings (SSSR count). The number of hydrogen-bond donors (Lipinski definition) is 2. The number of carbonyl (C=O) groups excluding carboxylic acids is 1. The fourth-order valence-electron chi connectivity index (χ4n) is 1.68. The summed E-state index contributed by atoms with van der Waals surface area (Å²) < 4.78 is 0.957. The molecule has 100 valence electrons. The van der Waals surface area contributed by atoms with Gasteiger partial charge in [-0.25, -0.2) is 0 Å². The number of rotatable bonds is 5. The molecule has 1 heterocycles. The predicted octanol–water partition coefficient (Wildman–Crippen LogP) is 3.87. The van der Waals surface area contributed by atoms with Crippen LogP contribution in [0.3, 0.4) is 0 Å². The molecule has 0 aliphatic heterocycles. The van der Waals surface area contributed by atoms with Crippen LogP contribution in [0.25, 0.3) is 0 Å². The highest BCUT2D eigenvalue weighted by atomic mass is 79.9. The Balaban J connectivity index is 2.12. The molecule has 0 atom stereocenters. The molecule has 0 bridgehead atoms. The average Bonchev–Trinajstić information content (AvgIpc) is 2.84. The molecule has 0 aliphatic carbocycles. The predicted molar refractivity (Wildman–Crippen MR) is 83.8 cm³/mol. The number of carbonyl (C=O) groups is 1. The van der Waals surface area contributed by atoms with Gasteiger partial charge in [0.1, 0.15) is 0 Å². The lowest BCUT2D eigenvalue weighted by Gasteiger charge is -2.10. The normalized spacial score (nSPS) is 10.4. The summed E-state index contributed by atoms with van der Waals surface area (Å²) in [6.45, 7) is 3.71. The summed E-state index contributed by atoms with van der Waals surface area (Å²) >= 11 is 4.87. The molecule has 2 N–H and O–H groups in total. The van der Waals surface area contributed by atoms with E-state index in [1.165, 1.54) is 11.3 Å². The number of benzene rings is 1. The minimum atomic E-state index is -0.0779. The van der Waals surface area contributed by atoms with Gasteiger partial charge in [0.25, 0.3) is 5.91 Å². The van der Waals surface area contributed by atoms with E-state index in [4.69, 9.17) is 0 Å². The maximum Gasteiger partial charge on any atom is 0.256 e. The molecule has 0 fully saturated rings. The number of para-hydroxylation sites is 1. The van der Waals surface area contributed by atoms with Crippen LogP contribution in [0, 0.1) is 0 Å². The lowest BCUT2D eigenvalue weighted by atomic mass is 10.1. The zero-order valence-corrected chi connectivity index (χ0v) is 13.0. The van der Waals surface area contributed by atoms with Gasteiger partial charge in [0.05, 0.1) is 9.35 Å². The Hall–Kier alpha value is -1.17. The van der Waals surface area contributed by atoms with Crippen molar-refractivity contribution in [2.75, 3.05) is 11.9 Å². The standard InChI is InChI=1S/C14H15BrN2OS/c1-2-16-8-10-5-3-4-6-12(10)17-14(18)11-7-13(15)19-9-11/h3-7,9,16H,2,8H2,1H3,(H,17,18). The Morgan fingerprint density at radius 3 is 2.84 bits per heavy atom. The SMILES string of the molecule is CCNCc1ccccc1NC(=O)c1csc(Br)c1. The second kappa shape index (κ2) is 6.84. The van der Waals surface area contributed by atoms with E-state index in [9.17, 15) is 4.79 Å². The fraction of sp³-hybridized carbons (Fsp3) is 0.214. The van der Waals surface area contributed by atoms with Crippen LogP contribution in [0.15, 0.2) is 39.5 Å². The molecule has 3 nitrogen and oxygen atoms in total. The Morgan fingerprint density at radius 2 is 2.16 bits per heavy atom. The van der Waals surface area contributed by atoms with Crippen molar-refractivity contribution < 1.29 is 4.79 Å². The highest BCUT2D eigenvalue weighted by molar-refractivity contribution is 9.11. The largest absolute Gasteiger partial charge is 0.322 e. The number of thiophene rings is 1. The maximum atomic E-state index is 12.1. The third-order valence-corrected chi connectivity index (χ3v) is 4.17. The minimum absolute atomic E-state index is 0.0779. The third kappa shape index (κ3) is 3.89. The quantitative estimate of drug-likeness (QED) is 0.868. The number of nitrogens with one attached hydrogen (secondary N) is 2. The van der Waals surface area contributed by atoms with E-state index in [-0.39, 0.29) is 5.91 Å². The van der Waals surface area contributed by atoms with E-state index in [1.807, 2.05) is 35.7 Å². The molecule has 2 aromatic rings. The van der Waals surface area contributed by atoms with Crippen LogP contribution in [-0.2, 0) is 6.54 Å². The zero-order chi connectivity index (χ0) is 13.7. The van der Waals surface area contributed by atoms with E-state index in [2.05, 4.69) is 33.5 Å². The van der Waals surface area contributed by atoms with Gasteiger partial charge in [-0.2, -0.15) is 0 Å². The van der Waals surface area contributed by atoms with Crippen molar-refractivity contribution in [2.45, 2.75) is 13.5 Å². The van der Waals surface area contributed by atoms with E-state index >= 15 is 0 Å². The van der Waals surface area contributed by atoms with Crippen molar-refractivity contribution in [3.05, 3.63) is 50.6 Å². The van der Waals surface area contributed by atoms with Gasteiger partial charge in [-0.3, -0.25) is 4.79 Å². The van der Waals surface area contributed by atoms with Crippen LogP contribution in [0.1, 0.15) is 22.8 Å². The second-order valence-electron chi connectivity index (χ2n) is 4.03. The molecule has 5 heteroatoms. The Kier molecular flexibility index (Phi) is 5.13. The highest BCUT2D eigenvalue weighted by Gasteiger charge is 2.10. The second-order valence-corrected chi connectivity index (χ2v) is 6.32. The van der Waals surface area contributed by atoms with E-state index in [1.54, 1.807) is 0 Å². The van der Waals surface area contributed by atoms with Crippen molar-refractivity contribution in [2.24, 2.45) is 0 Å². The summed E-state index contributed by atoms with van der Waals surface area (Å²) in [5.74, 6) is -0.0779. The first-order chi connectivity index (χ1) is 9.20. The van der Waals surface area contributed by atoms with Crippen LogP contribution in [-0.4, -0.2) is 12.5 Å². The Labute approximate surface area is 125 Å². The molecule has 1 amide bonds. The van der Waals surface area contributed by atoms with Crippen LogP contribution in [0.5, 0.6) is 0 Å². The summed E-state index contributed by atoms with van der Waals surface area (Å²) in [5, 5.41) is 8.06. The summed E-state index contributed by atoms with van der Waals surface area (Å²) in [5.41, 5.74) is 2.62. The van der Waals surface area contributed by atoms with Gasteiger partial charge in [-0.15, -0.1) is 11.3 Å². The fourth-order valence-corrected chi connectivity index (χ4v) is 2.82. The van der Waals surface area contributed by atoms with Gasteiger partial charge >= 0.3 is 0 Å². The molecule has 0 radical (unpaired) electrons. The molecular formula is C14H15BrN2OS. The Morgan fingerprint density at radius 1 is 1.37 bits per heavy atom. The first-order valence-corrected chi connectivity index (χ1v) is 7.72. The Bertz CT molecular complexity index is 568. The summed E-state index contributed by atoms with van der Waals surface area (Å²) in [6.07, 6.45) is 0. The zero-order valence-electron chi connectivity index (χ0n) is 10.6. The molecule has 1 aromatic heterocycles. The first-order valence-electron chi connectivity index (χ1n) is 6.04. The molecule has 0 unspecified atom stereocenters. The molecular weight excluding hydrogens is 324 g/mol. The smallest absolute Gasteiger partial charge is 0.256 e. The highest BCUT2D eigenvalue weighted by Crippen LogP contribution is 2.22. The van der Waals surface area contributed by atoms with Crippen LogP contribution >= 0.6 is 27.3 Å². The van der Waals surface area contributed by atoms with Crippen LogP contribution in [0.4, 0.5) is 5.69 Å². The van der Waals surface area contributed by atoms with Crippen molar-refractivity contribution in [3.63, 3.8) is 0 Å². The van der Waals surface area contributed by atoms with Crippen LogP contribution < -0.4 is 10.6 Å². The van der Waals surface area contributed by atoms with Gasteiger partial charge in [0, 0.05) is 17.6 Å². The van der Waals surface area contributed by atoms with Crippen molar-refractivity contribution in [3.8, 4) is 0 Å². The van der Waals surface area contributed by atoms with E-state index in [0.717, 1.165) is 28.1 Å². The van der Waals surface area contributed by atoms with Crippen LogP contribution in [0.2, 0.25) is 0 Å². The van der Waals surface area contributed by atoms with Gasteiger partial charge in [0.2, 0.25) is 0 Å². The number of hydrogen-bond acceptors (Lipinski definition) is 3. The molecule has 0 saturated heterocycles. The molecule has 19 heavy (non-hydrogen) atoms. The van der Waals surface area contributed by atoms with E-state index < -0.39 is 0 Å². The number of halogens is 1. The summed E-state index contributed by atoms with van der Waals surface area (Å²) in [6, 6.07) is 9.67. The van der Waals surface area contributed by atoms with E-state index in [0.29, 0.717) is 5.56 Å². The summed E-state index contributed by atoms with van der Waals surface area (Å²) in [4.78, 5) is 12.1. The molecule has 1 aromatic carbocycles. The summed E-state index contributed by atoms with van der Waals surface area (Å²) in [7, 11) is 0. The van der Waals surface area contributed by atoms with Gasteiger partial charge in [-0.1, -0.05) is 25.1 Å². The van der Waals surface area contributed by atoms with Crippen molar-refractivity contribution >= 4 is 38.9 Å².